The predicted octanol–water partition coefficient (Wildman–Crippen LogP) is 4.13. The monoisotopic (exact) mass is 306 g/mol. The molecule has 1 aromatic carbocycles. The fraction of sp³-hybridized carbons (Fsp3) is 0.400. The molecular weight excluding hydrogens is 296 g/mol. The molecule has 0 saturated heterocycles. The summed E-state index contributed by atoms with van der Waals surface area (Å²) in [6, 6.07) is 6.04. The van der Waals surface area contributed by atoms with Crippen LogP contribution >= 0.6 is 31.9 Å². The predicted molar refractivity (Wildman–Crippen MR) is 62.6 cm³/mol. The van der Waals surface area contributed by atoms with Gasteiger partial charge in [0.1, 0.15) is 5.75 Å². The summed E-state index contributed by atoms with van der Waals surface area (Å²) in [7, 11) is 0. The van der Waals surface area contributed by atoms with Crippen LogP contribution in [0.3, 0.4) is 0 Å². The molecule has 1 aromatic rings. The van der Waals surface area contributed by atoms with Crippen LogP contribution in [0.1, 0.15) is 18.9 Å². The van der Waals surface area contributed by atoms with Gasteiger partial charge in [-0.3, -0.25) is 0 Å². The van der Waals surface area contributed by atoms with Crippen LogP contribution in [0.25, 0.3) is 0 Å². The Morgan fingerprint density at radius 2 is 2.15 bits per heavy atom. The Morgan fingerprint density at radius 1 is 1.38 bits per heavy atom. The van der Waals surface area contributed by atoms with E-state index in [9.17, 15) is 0 Å². The summed E-state index contributed by atoms with van der Waals surface area (Å²) in [5.41, 5.74) is 1.22. The SMILES string of the molecule is CCCOc1ccc(Br)c(CBr)c1. The highest BCUT2D eigenvalue weighted by molar-refractivity contribution is 9.10. The second-order valence-electron chi connectivity index (χ2n) is 2.74. The minimum absolute atomic E-state index is 0.781. The Kier molecular flexibility index (Phi) is 4.81. The Labute approximate surface area is 95.7 Å². The van der Waals surface area contributed by atoms with Gasteiger partial charge in [-0.05, 0) is 30.2 Å². The molecule has 0 aromatic heterocycles. The number of hydrogen-bond acceptors (Lipinski definition) is 1. The second kappa shape index (κ2) is 5.66. The first-order chi connectivity index (χ1) is 6.27. The number of hydrogen-bond donors (Lipinski definition) is 0. The van der Waals surface area contributed by atoms with Crippen LogP contribution in [0.4, 0.5) is 0 Å². The Morgan fingerprint density at radius 3 is 2.77 bits per heavy atom. The number of ether oxygens (including phenoxy) is 1. The normalized spacial score (nSPS) is 10.1. The number of halogens is 2. The quantitative estimate of drug-likeness (QED) is 0.760. The first kappa shape index (κ1) is 11.1. The van der Waals surface area contributed by atoms with Gasteiger partial charge in [-0.2, -0.15) is 0 Å². The standard InChI is InChI=1S/C10H12Br2O/c1-2-5-13-9-3-4-10(12)8(6-9)7-11/h3-4,6H,2,5,7H2,1H3. The highest BCUT2D eigenvalue weighted by Crippen LogP contribution is 2.24. The van der Waals surface area contributed by atoms with E-state index in [4.69, 9.17) is 4.74 Å². The van der Waals surface area contributed by atoms with Gasteiger partial charge in [-0.15, -0.1) is 0 Å². The van der Waals surface area contributed by atoms with E-state index in [1.807, 2.05) is 12.1 Å². The summed E-state index contributed by atoms with van der Waals surface area (Å²) < 4.78 is 6.63. The smallest absolute Gasteiger partial charge is 0.119 e. The molecule has 3 heteroatoms. The van der Waals surface area contributed by atoms with Crippen LogP contribution < -0.4 is 4.74 Å². The van der Waals surface area contributed by atoms with Gasteiger partial charge in [0, 0.05) is 9.80 Å². The summed E-state index contributed by atoms with van der Waals surface area (Å²) in [4.78, 5) is 0. The topological polar surface area (TPSA) is 9.23 Å². The van der Waals surface area contributed by atoms with Crippen molar-refractivity contribution >= 4 is 31.9 Å². The van der Waals surface area contributed by atoms with Crippen LogP contribution in [0.5, 0.6) is 5.75 Å². The third-order valence-corrected chi connectivity index (χ3v) is 3.01. The maximum atomic E-state index is 5.51. The van der Waals surface area contributed by atoms with Crippen molar-refractivity contribution in [1.82, 2.24) is 0 Å². The van der Waals surface area contributed by atoms with Crippen molar-refractivity contribution in [2.24, 2.45) is 0 Å². The van der Waals surface area contributed by atoms with Crippen LogP contribution in [-0.2, 0) is 5.33 Å². The van der Waals surface area contributed by atoms with E-state index in [0.29, 0.717) is 0 Å². The third kappa shape index (κ3) is 3.31. The van der Waals surface area contributed by atoms with E-state index in [0.717, 1.165) is 28.6 Å². The molecule has 0 aliphatic carbocycles. The largest absolute Gasteiger partial charge is 0.494 e. The highest BCUT2D eigenvalue weighted by atomic mass is 79.9. The van der Waals surface area contributed by atoms with Crippen LogP contribution in [-0.4, -0.2) is 6.61 Å². The molecule has 0 spiro atoms. The van der Waals surface area contributed by atoms with Crippen molar-refractivity contribution in [3.63, 3.8) is 0 Å². The lowest BCUT2D eigenvalue weighted by atomic mass is 10.2. The van der Waals surface area contributed by atoms with Crippen molar-refractivity contribution in [3.05, 3.63) is 28.2 Å². The van der Waals surface area contributed by atoms with Gasteiger partial charge >= 0.3 is 0 Å². The van der Waals surface area contributed by atoms with Gasteiger partial charge in [0.2, 0.25) is 0 Å². The number of alkyl halides is 1. The zero-order valence-corrected chi connectivity index (χ0v) is 10.7. The Balaban J connectivity index is 2.74. The average molecular weight is 308 g/mol. The van der Waals surface area contributed by atoms with E-state index in [2.05, 4.69) is 44.8 Å². The van der Waals surface area contributed by atoms with Crippen LogP contribution in [0, 0.1) is 0 Å². The van der Waals surface area contributed by atoms with Crippen molar-refractivity contribution < 1.29 is 4.74 Å². The molecule has 13 heavy (non-hydrogen) atoms. The molecule has 0 atom stereocenters. The summed E-state index contributed by atoms with van der Waals surface area (Å²) in [6.45, 7) is 2.88. The van der Waals surface area contributed by atoms with Gasteiger partial charge in [0.25, 0.3) is 0 Å². The van der Waals surface area contributed by atoms with Crippen molar-refractivity contribution in [3.8, 4) is 5.75 Å². The summed E-state index contributed by atoms with van der Waals surface area (Å²) in [5, 5.41) is 0.844. The molecule has 0 fully saturated rings. The minimum atomic E-state index is 0.781. The molecule has 0 radical (unpaired) electrons. The zero-order valence-electron chi connectivity index (χ0n) is 7.52. The molecule has 0 bridgehead atoms. The maximum absolute atomic E-state index is 5.51. The molecular formula is C10H12Br2O. The first-order valence-corrected chi connectivity index (χ1v) is 6.16. The number of benzene rings is 1. The van der Waals surface area contributed by atoms with Crippen LogP contribution in [0.15, 0.2) is 22.7 Å². The van der Waals surface area contributed by atoms with E-state index in [-0.39, 0.29) is 0 Å². The van der Waals surface area contributed by atoms with E-state index < -0.39 is 0 Å². The highest BCUT2D eigenvalue weighted by Gasteiger charge is 2.00. The summed E-state index contributed by atoms with van der Waals surface area (Å²) in [6.07, 6.45) is 1.04. The lowest BCUT2D eigenvalue weighted by molar-refractivity contribution is 0.317. The van der Waals surface area contributed by atoms with Gasteiger partial charge in [0.05, 0.1) is 6.61 Å². The lowest BCUT2D eigenvalue weighted by Gasteiger charge is -2.06. The average Bonchev–Trinajstić information content (AvgIpc) is 2.16. The second-order valence-corrected chi connectivity index (χ2v) is 4.15. The summed E-state index contributed by atoms with van der Waals surface area (Å²) >= 11 is 6.90. The van der Waals surface area contributed by atoms with Gasteiger partial charge < -0.3 is 4.74 Å². The summed E-state index contributed by atoms with van der Waals surface area (Å²) in [5.74, 6) is 0.944. The van der Waals surface area contributed by atoms with Gasteiger partial charge in [-0.1, -0.05) is 38.8 Å². The van der Waals surface area contributed by atoms with Crippen molar-refractivity contribution in [2.45, 2.75) is 18.7 Å². The molecule has 0 aliphatic rings. The minimum Gasteiger partial charge on any atom is -0.494 e. The van der Waals surface area contributed by atoms with E-state index >= 15 is 0 Å². The molecule has 0 unspecified atom stereocenters. The molecule has 0 amide bonds. The van der Waals surface area contributed by atoms with Gasteiger partial charge in [0.15, 0.2) is 0 Å². The fourth-order valence-electron chi connectivity index (χ4n) is 0.963. The molecule has 72 valence electrons. The van der Waals surface area contributed by atoms with Crippen LogP contribution in [0.2, 0.25) is 0 Å². The molecule has 1 rings (SSSR count). The van der Waals surface area contributed by atoms with Crippen molar-refractivity contribution in [2.75, 3.05) is 6.61 Å². The lowest BCUT2D eigenvalue weighted by Crippen LogP contribution is -1.95. The third-order valence-electron chi connectivity index (χ3n) is 1.63. The zero-order chi connectivity index (χ0) is 9.68. The van der Waals surface area contributed by atoms with Crippen molar-refractivity contribution in [1.29, 1.82) is 0 Å². The molecule has 0 heterocycles. The number of rotatable bonds is 4. The molecule has 1 nitrogen and oxygen atoms in total. The maximum Gasteiger partial charge on any atom is 0.119 e. The molecule has 0 aliphatic heterocycles. The van der Waals surface area contributed by atoms with E-state index in [1.54, 1.807) is 0 Å². The molecule has 0 saturated carbocycles. The Hall–Kier alpha value is -0.0200. The van der Waals surface area contributed by atoms with E-state index in [1.165, 1.54) is 5.56 Å². The molecule has 0 N–H and O–H groups in total. The van der Waals surface area contributed by atoms with Gasteiger partial charge in [-0.25, -0.2) is 0 Å². The Bertz CT molecular complexity index is 274. The fourth-order valence-corrected chi connectivity index (χ4v) is 2.19. The first-order valence-electron chi connectivity index (χ1n) is 4.25.